The van der Waals surface area contributed by atoms with Gasteiger partial charge in [-0.1, -0.05) is 6.92 Å². The van der Waals surface area contributed by atoms with Crippen LogP contribution in [-0.2, 0) is 0 Å². The van der Waals surface area contributed by atoms with Crippen LogP contribution in [0.5, 0.6) is 5.75 Å². The fourth-order valence-corrected chi connectivity index (χ4v) is 1.50. The van der Waals surface area contributed by atoms with Crippen molar-refractivity contribution < 1.29 is 9.66 Å². The van der Waals surface area contributed by atoms with Crippen LogP contribution >= 0.6 is 0 Å². The molecule has 6 nitrogen and oxygen atoms in total. The highest BCUT2D eigenvalue weighted by Gasteiger charge is 2.16. The lowest BCUT2D eigenvalue weighted by Gasteiger charge is -2.07. The first-order chi connectivity index (χ1) is 8.54. The minimum Gasteiger partial charge on any atom is -0.490 e. The lowest BCUT2D eigenvalue weighted by Crippen LogP contribution is -2.02. The van der Waals surface area contributed by atoms with E-state index in [4.69, 9.17) is 15.7 Å². The lowest BCUT2D eigenvalue weighted by molar-refractivity contribution is -0.385. The van der Waals surface area contributed by atoms with Crippen molar-refractivity contribution in [3.8, 4) is 11.8 Å². The predicted molar refractivity (Wildman–Crippen MR) is 66.7 cm³/mol. The summed E-state index contributed by atoms with van der Waals surface area (Å²) in [4.78, 5) is 10.2. The Morgan fingerprint density at radius 2 is 2.28 bits per heavy atom. The van der Waals surface area contributed by atoms with Crippen LogP contribution in [-0.4, -0.2) is 12.0 Å². The van der Waals surface area contributed by atoms with Crippen LogP contribution in [0.25, 0.3) is 5.70 Å². The SMILES string of the molecule is CC/C(C#N)=C(/N)c1ccc([N+](=O)[O-])c(OC)c1. The first-order valence-corrected chi connectivity index (χ1v) is 5.26. The summed E-state index contributed by atoms with van der Waals surface area (Å²) in [5.74, 6) is 0.119. The van der Waals surface area contributed by atoms with Crippen LogP contribution in [0.15, 0.2) is 23.8 Å². The molecule has 0 fully saturated rings. The second-order valence-corrected chi connectivity index (χ2v) is 3.50. The number of rotatable bonds is 4. The van der Waals surface area contributed by atoms with Gasteiger partial charge in [-0.3, -0.25) is 10.1 Å². The molecule has 0 saturated heterocycles. The molecule has 0 atom stereocenters. The van der Waals surface area contributed by atoms with Crippen LogP contribution in [0.2, 0.25) is 0 Å². The number of methoxy groups -OCH3 is 1. The average Bonchev–Trinajstić information content (AvgIpc) is 2.39. The molecule has 0 amide bonds. The summed E-state index contributed by atoms with van der Waals surface area (Å²) in [6.45, 7) is 1.81. The standard InChI is InChI=1S/C12H13N3O3/c1-3-8(7-13)12(14)9-4-5-10(15(16)17)11(6-9)18-2/h4-6H,3,14H2,1-2H3/b12-8-. The maximum Gasteiger partial charge on any atom is 0.310 e. The number of nitro groups is 1. The molecule has 0 aromatic heterocycles. The summed E-state index contributed by atoms with van der Waals surface area (Å²) in [7, 11) is 1.34. The second-order valence-electron chi connectivity index (χ2n) is 3.50. The number of nitriles is 1. The third kappa shape index (κ3) is 2.58. The van der Waals surface area contributed by atoms with Crippen molar-refractivity contribution >= 4 is 11.4 Å². The van der Waals surface area contributed by atoms with Crippen molar-refractivity contribution in [3.05, 3.63) is 39.4 Å². The van der Waals surface area contributed by atoms with E-state index in [9.17, 15) is 10.1 Å². The van der Waals surface area contributed by atoms with Crippen molar-refractivity contribution in [1.29, 1.82) is 5.26 Å². The summed E-state index contributed by atoms with van der Waals surface area (Å²) in [5.41, 5.74) is 6.99. The Bertz CT molecular complexity index is 544. The Balaban J connectivity index is 3.35. The van der Waals surface area contributed by atoms with E-state index in [0.29, 0.717) is 23.3 Å². The van der Waals surface area contributed by atoms with Crippen LogP contribution in [0.1, 0.15) is 18.9 Å². The number of ether oxygens (including phenoxy) is 1. The second kappa shape index (κ2) is 5.68. The minimum atomic E-state index is -0.534. The van der Waals surface area contributed by atoms with Crippen molar-refractivity contribution in [2.24, 2.45) is 5.73 Å². The zero-order chi connectivity index (χ0) is 13.7. The van der Waals surface area contributed by atoms with Gasteiger partial charge >= 0.3 is 5.69 Å². The highest BCUT2D eigenvalue weighted by Crippen LogP contribution is 2.30. The van der Waals surface area contributed by atoms with E-state index >= 15 is 0 Å². The molecule has 1 aromatic rings. The first kappa shape index (κ1) is 13.5. The Morgan fingerprint density at radius 1 is 1.61 bits per heavy atom. The van der Waals surface area contributed by atoms with Gasteiger partial charge in [0.05, 0.1) is 29.4 Å². The van der Waals surface area contributed by atoms with Crippen LogP contribution in [0.4, 0.5) is 5.69 Å². The average molecular weight is 247 g/mol. The Kier molecular flexibility index (Phi) is 4.27. The van der Waals surface area contributed by atoms with Gasteiger partial charge in [0, 0.05) is 11.6 Å². The van der Waals surface area contributed by atoms with Gasteiger partial charge in [-0.25, -0.2) is 0 Å². The zero-order valence-electron chi connectivity index (χ0n) is 10.1. The van der Waals surface area contributed by atoms with Crippen molar-refractivity contribution in [3.63, 3.8) is 0 Å². The minimum absolute atomic E-state index is 0.119. The normalized spacial score (nSPS) is 11.4. The summed E-state index contributed by atoms with van der Waals surface area (Å²) in [6, 6.07) is 6.28. The lowest BCUT2D eigenvalue weighted by atomic mass is 10.1. The Hall–Kier alpha value is -2.55. The van der Waals surface area contributed by atoms with Gasteiger partial charge in [-0.15, -0.1) is 0 Å². The monoisotopic (exact) mass is 247 g/mol. The first-order valence-electron chi connectivity index (χ1n) is 5.26. The molecule has 0 aliphatic carbocycles. The molecule has 0 bridgehead atoms. The Morgan fingerprint density at radius 3 is 2.72 bits per heavy atom. The number of benzene rings is 1. The van der Waals surface area contributed by atoms with Gasteiger partial charge in [0.25, 0.3) is 0 Å². The van der Waals surface area contributed by atoms with E-state index in [0.717, 1.165) is 0 Å². The molecule has 94 valence electrons. The highest BCUT2D eigenvalue weighted by molar-refractivity contribution is 5.71. The molecule has 0 aliphatic rings. The number of allylic oxidation sites excluding steroid dienone is 1. The van der Waals surface area contributed by atoms with E-state index in [1.807, 2.05) is 13.0 Å². The number of nitrogens with two attached hydrogens (primary N) is 1. The summed E-state index contributed by atoms with van der Waals surface area (Å²) in [5, 5.41) is 19.6. The van der Waals surface area contributed by atoms with E-state index in [1.165, 1.54) is 25.3 Å². The largest absolute Gasteiger partial charge is 0.490 e. The summed E-state index contributed by atoms with van der Waals surface area (Å²) < 4.78 is 4.94. The number of hydrogen-bond donors (Lipinski definition) is 1. The number of nitrogens with zero attached hydrogens (tertiary/aromatic N) is 2. The molecule has 0 heterocycles. The molecule has 0 spiro atoms. The van der Waals surface area contributed by atoms with Crippen molar-refractivity contribution in [2.45, 2.75) is 13.3 Å². The van der Waals surface area contributed by atoms with Gasteiger partial charge in [0.2, 0.25) is 0 Å². The van der Waals surface area contributed by atoms with Gasteiger partial charge in [-0.2, -0.15) is 5.26 Å². The van der Waals surface area contributed by atoms with Crippen LogP contribution in [0, 0.1) is 21.4 Å². The molecular weight excluding hydrogens is 234 g/mol. The molecule has 6 heteroatoms. The maximum absolute atomic E-state index is 10.7. The maximum atomic E-state index is 10.7. The quantitative estimate of drug-likeness (QED) is 0.499. The molecular formula is C12H13N3O3. The number of nitro benzene ring substituents is 1. The smallest absolute Gasteiger partial charge is 0.310 e. The molecule has 0 saturated carbocycles. The van der Waals surface area contributed by atoms with Gasteiger partial charge in [0.15, 0.2) is 5.75 Å². The van der Waals surface area contributed by atoms with E-state index in [1.54, 1.807) is 0 Å². The van der Waals surface area contributed by atoms with Crippen LogP contribution < -0.4 is 10.5 Å². The third-order valence-corrected chi connectivity index (χ3v) is 2.50. The molecule has 2 N–H and O–H groups in total. The molecule has 1 rings (SSSR count). The van der Waals surface area contributed by atoms with Gasteiger partial charge in [-0.05, 0) is 18.6 Å². The predicted octanol–water partition coefficient (Wildman–Crippen LogP) is 2.21. The fraction of sp³-hybridized carbons (Fsp3) is 0.250. The van der Waals surface area contributed by atoms with E-state index in [2.05, 4.69) is 0 Å². The molecule has 0 radical (unpaired) electrons. The molecule has 1 aromatic carbocycles. The van der Waals surface area contributed by atoms with Crippen molar-refractivity contribution in [2.75, 3.05) is 7.11 Å². The summed E-state index contributed by atoms with van der Waals surface area (Å²) >= 11 is 0. The fourth-order valence-electron chi connectivity index (χ4n) is 1.50. The summed E-state index contributed by atoms with van der Waals surface area (Å²) in [6.07, 6.45) is 0.502. The zero-order valence-corrected chi connectivity index (χ0v) is 10.1. The highest BCUT2D eigenvalue weighted by atomic mass is 16.6. The Labute approximate surface area is 104 Å². The van der Waals surface area contributed by atoms with E-state index < -0.39 is 4.92 Å². The van der Waals surface area contributed by atoms with E-state index in [-0.39, 0.29) is 11.4 Å². The molecule has 0 aliphatic heterocycles. The van der Waals surface area contributed by atoms with Crippen LogP contribution in [0.3, 0.4) is 0 Å². The number of hydrogen-bond acceptors (Lipinski definition) is 5. The van der Waals surface area contributed by atoms with Gasteiger partial charge in [0.1, 0.15) is 0 Å². The third-order valence-electron chi connectivity index (χ3n) is 2.50. The molecule has 0 unspecified atom stereocenters. The topological polar surface area (TPSA) is 102 Å². The van der Waals surface area contributed by atoms with Gasteiger partial charge < -0.3 is 10.5 Å². The molecule has 18 heavy (non-hydrogen) atoms. The van der Waals surface area contributed by atoms with Crippen molar-refractivity contribution in [1.82, 2.24) is 0 Å².